The third kappa shape index (κ3) is 2.84. The molecule has 2 rings (SSSR count). The van der Waals surface area contributed by atoms with E-state index in [9.17, 15) is 23.7 Å². The molecule has 1 aliphatic heterocycles. The highest BCUT2D eigenvalue weighted by atomic mass is 19.1. The van der Waals surface area contributed by atoms with Gasteiger partial charge in [-0.15, -0.1) is 0 Å². The summed E-state index contributed by atoms with van der Waals surface area (Å²) in [5.41, 5.74) is -1.26. The largest absolute Gasteiger partial charge is 0.323 e. The van der Waals surface area contributed by atoms with Crippen LogP contribution in [-0.2, 0) is 4.79 Å². The van der Waals surface area contributed by atoms with Gasteiger partial charge in [0, 0.05) is 18.7 Å². The van der Waals surface area contributed by atoms with Crippen molar-refractivity contribution in [3.8, 4) is 0 Å². The lowest BCUT2D eigenvalue weighted by Crippen LogP contribution is -2.25. The van der Waals surface area contributed by atoms with Crippen LogP contribution in [0.3, 0.4) is 0 Å². The monoisotopic (exact) mass is 271 g/mol. The number of carbonyl (C=O) groups excluding carboxylic acids is 1. The number of nitrogens with one attached hydrogen (secondary N) is 2. The maximum absolute atomic E-state index is 13.4. The van der Waals surface area contributed by atoms with E-state index in [0.29, 0.717) is 31.6 Å². The van der Waals surface area contributed by atoms with Crippen LogP contribution < -0.4 is 10.6 Å². The standard InChI is InChI=1S/C11H11F2N3O3/c12-7-3-8(13)10(16(18)19)4-9(7)15-11(17)6-1-2-14-5-6/h3-4,6,14H,1-2,5H2,(H,15,17). The topological polar surface area (TPSA) is 84.3 Å². The Morgan fingerprint density at radius 1 is 1.42 bits per heavy atom. The Bertz CT molecular complexity index is 530. The van der Waals surface area contributed by atoms with Crippen molar-refractivity contribution in [3.63, 3.8) is 0 Å². The van der Waals surface area contributed by atoms with Crippen LogP contribution in [0.5, 0.6) is 0 Å². The first-order valence-electron chi connectivity index (χ1n) is 5.64. The van der Waals surface area contributed by atoms with Crippen LogP contribution in [0.15, 0.2) is 12.1 Å². The van der Waals surface area contributed by atoms with E-state index >= 15 is 0 Å². The minimum Gasteiger partial charge on any atom is -0.323 e. The molecule has 0 aromatic heterocycles. The number of benzene rings is 1. The van der Waals surface area contributed by atoms with Crippen LogP contribution in [0.2, 0.25) is 0 Å². The third-order valence-electron chi connectivity index (χ3n) is 2.92. The van der Waals surface area contributed by atoms with E-state index in [1.54, 1.807) is 0 Å². The van der Waals surface area contributed by atoms with Crippen LogP contribution in [-0.4, -0.2) is 23.9 Å². The number of nitro groups is 1. The van der Waals surface area contributed by atoms with Crippen molar-refractivity contribution >= 4 is 17.3 Å². The van der Waals surface area contributed by atoms with Crippen molar-refractivity contribution in [3.05, 3.63) is 33.9 Å². The molecule has 2 N–H and O–H groups in total. The van der Waals surface area contributed by atoms with Crippen LogP contribution in [0.4, 0.5) is 20.2 Å². The zero-order chi connectivity index (χ0) is 14.0. The van der Waals surface area contributed by atoms with Crippen molar-refractivity contribution < 1.29 is 18.5 Å². The lowest BCUT2D eigenvalue weighted by Gasteiger charge is -2.10. The second-order valence-corrected chi connectivity index (χ2v) is 4.22. The van der Waals surface area contributed by atoms with Gasteiger partial charge in [-0.1, -0.05) is 0 Å². The molecule has 19 heavy (non-hydrogen) atoms. The molecule has 8 heteroatoms. The summed E-state index contributed by atoms with van der Waals surface area (Å²) in [7, 11) is 0. The molecule has 1 aromatic carbocycles. The lowest BCUT2D eigenvalue weighted by atomic mass is 10.1. The molecule has 1 saturated heterocycles. The van der Waals surface area contributed by atoms with E-state index in [1.807, 2.05) is 0 Å². The zero-order valence-corrected chi connectivity index (χ0v) is 9.78. The molecule has 0 radical (unpaired) electrons. The molecule has 0 bridgehead atoms. The fourth-order valence-corrected chi connectivity index (χ4v) is 1.89. The first-order valence-corrected chi connectivity index (χ1v) is 5.64. The van der Waals surface area contributed by atoms with Gasteiger partial charge in [0.1, 0.15) is 5.82 Å². The van der Waals surface area contributed by atoms with Crippen molar-refractivity contribution in [2.24, 2.45) is 5.92 Å². The summed E-state index contributed by atoms with van der Waals surface area (Å²) in [6.07, 6.45) is 0.608. The molecule has 1 heterocycles. The number of hydrogen-bond acceptors (Lipinski definition) is 4. The summed E-state index contributed by atoms with van der Waals surface area (Å²) in [4.78, 5) is 21.3. The Balaban J connectivity index is 2.21. The predicted octanol–water partition coefficient (Wildman–Crippen LogP) is 1.42. The quantitative estimate of drug-likeness (QED) is 0.643. The third-order valence-corrected chi connectivity index (χ3v) is 2.92. The van der Waals surface area contributed by atoms with Gasteiger partial charge in [-0.3, -0.25) is 14.9 Å². The van der Waals surface area contributed by atoms with Gasteiger partial charge in [-0.2, -0.15) is 4.39 Å². The van der Waals surface area contributed by atoms with Gasteiger partial charge in [-0.25, -0.2) is 4.39 Å². The van der Waals surface area contributed by atoms with E-state index in [4.69, 9.17) is 0 Å². The highest BCUT2D eigenvalue weighted by Gasteiger charge is 2.25. The van der Waals surface area contributed by atoms with Crippen LogP contribution >= 0.6 is 0 Å². The lowest BCUT2D eigenvalue weighted by molar-refractivity contribution is -0.387. The molecular formula is C11H11F2N3O3. The Morgan fingerprint density at radius 2 is 2.16 bits per heavy atom. The molecule has 1 aromatic rings. The van der Waals surface area contributed by atoms with Gasteiger partial charge in [0.25, 0.3) is 0 Å². The summed E-state index contributed by atoms with van der Waals surface area (Å²) in [5, 5.41) is 15.8. The number of carbonyl (C=O) groups is 1. The SMILES string of the molecule is O=C(Nc1cc([N+](=O)[O-])c(F)cc1F)C1CCNC1. The Hall–Kier alpha value is -2.09. The van der Waals surface area contributed by atoms with E-state index in [2.05, 4.69) is 10.6 Å². The minimum atomic E-state index is -1.27. The summed E-state index contributed by atoms with van der Waals surface area (Å²) < 4.78 is 26.6. The smallest absolute Gasteiger partial charge is 0.307 e. The first kappa shape index (κ1) is 13.3. The molecule has 1 aliphatic rings. The predicted molar refractivity (Wildman–Crippen MR) is 62.6 cm³/mol. The number of anilines is 1. The summed E-state index contributed by atoms with van der Waals surface area (Å²) in [6.45, 7) is 1.15. The van der Waals surface area contributed by atoms with Gasteiger partial charge < -0.3 is 10.6 Å². The summed E-state index contributed by atoms with van der Waals surface area (Å²) in [6, 6.07) is 1.07. The normalized spacial score (nSPS) is 18.3. The van der Waals surface area contributed by atoms with E-state index in [-0.39, 0.29) is 11.6 Å². The summed E-state index contributed by atoms with van der Waals surface area (Å²) in [5.74, 6) is -3.07. The van der Waals surface area contributed by atoms with Gasteiger partial charge in [0.05, 0.1) is 16.5 Å². The van der Waals surface area contributed by atoms with Crippen molar-refractivity contribution in [2.75, 3.05) is 18.4 Å². The van der Waals surface area contributed by atoms with Gasteiger partial charge in [0.15, 0.2) is 0 Å². The first-order chi connectivity index (χ1) is 8.99. The molecule has 0 aliphatic carbocycles. The van der Waals surface area contributed by atoms with E-state index in [0.717, 1.165) is 0 Å². The second kappa shape index (κ2) is 5.27. The van der Waals surface area contributed by atoms with Crippen molar-refractivity contribution in [1.82, 2.24) is 5.32 Å². The molecule has 1 unspecified atom stereocenters. The molecule has 6 nitrogen and oxygen atoms in total. The molecule has 0 saturated carbocycles. The molecular weight excluding hydrogens is 260 g/mol. The average molecular weight is 271 g/mol. The van der Waals surface area contributed by atoms with Crippen LogP contribution in [0, 0.1) is 27.7 Å². The Kier molecular flexibility index (Phi) is 3.70. The summed E-state index contributed by atoms with van der Waals surface area (Å²) >= 11 is 0. The number of nitrogens with zero attached hydrogens (tertiary/aromatic N) is 1. The highest BCUT2D eigenvalue weighted by Crippen LogP contribution is 2.25. The fraction of sp³-hybridized carbons (Fsp3) is 0.364. The molecule has 1 fully saturated rings. The maximum atomic E-state index is 13.4. The number of amides is 1. The average Bonchev–Trinajstić information content (AvgIpc) is 2.85. The van der Waals surface area contributed by atoms with E-state index in [1.165, 1.54) is 0 Å². The Labute approximate surface area is 106 Å². The van der Waals surface area contributed by atoms with Gasteiger partial charge >= 0.3 is 5.69 Å². The van der Waals surface area contributed by atoms with Gasteiger partial charge in [-0.05, 0) is 13.0 Å². The number of hydrogen-bond donors (Lipinski definition) is 2. The molecule has 1 atom stereocenters. The highest BCUT2D eigenvalue weighted by molar-refractivity contribution is 5.93. The van der Waals surface area contributed by atoms with E-state index < -0.39 is 28.2 Å². The number of nitro benzene ring substituents is 1. The zero-order valence-electron chi connectivity index (χ0n) is 9.78. The molecule has 0 spiro atoms. The van der Waals surface area contributed by atoms with Gasteiger partial charge in [0.2, 0.25) is 11.7 Å². The van der Waals surface area contributed by atoms with Crippen LogP contribution in [0.1, 0.15) is 6.42 Å². The molecule has 102 valence electrons. The van der Waals surface area contributed by atoms with Crippen molar-refractivity contribution in [2.45, 2.75) is 6.42 Å². The number of halogens is 2. The fourth-order valence-electron chi connectivity index (χ4n) is 1.89. The van der Waals surface area contributed by atoms with Crippen LogP contribution in [0.25, 0.3) is 0 Å². The number of rotatable bonds is 3. The van der Waals surface area contributed by atoms with Crippen molar-refractivity contribution in [1.29, 1.82) is 0 Å². The maximum Gasteiger partial charge on any atom is 0.307 e. The second-order valence-electron chi connectivity index (χ2n) is 4.22. The minimum absolute atomic E-state index is 0.316. The molecule has 1 amide bonds. The Morgan fingerprint density at radius 3 is 2.74 bits per heavy atom.